The molecule has 2 rings (SSSR count). The number of piperidine rings is 1. The molecule has 1 heterocycles. The maximum Gasteiger partial charge on any atom is 0.247 e. The molecule has 1 fully saturated rings. The van der Waals surface area contributed by atoms with Crippen molar-refractivity contribution in [3.63, 3.8) is 0 Å². The van der Waals surface area contributed by atoms with Crippen LogP contribution in [0.1, 0.15) is 12.8 Å². The maximum atomic E-state index is 11.7. The van der Waals surface area contributed by atoms with Crippen molar-refractivity contribution in [3.8, 4) is 5.75 Å². The quantitative estimate of drug-likeness (QED) is 0.641. The zero-order valence-corrected chi connectivity index (χ0v) is 14.1. The number of nitrogens with zero attached hydrogens (tertiary/aromatic N) is 2. The van der Waals surface area contributed by atoms with E-state index in [1.165, 1.54) is 6.08 Å². The first kappa shape index (κ1) is 17.1. The fourth-order valence-corrected chi connectivity index (χ4v) is 2.92. The predicted octanol–water partition coefficient (Wildman–Crippen LogP) is 1.93. The number of hydrogen-bond acceptors (Lipinski definition) is 5. The third kappa shape index (κ3) is 3.96. The van der Waals surface area contributed by atoms with Gasteiger partial charge in [0.25, 0.3) is 0 Å². The summed E-state index contributed by atoms with van der Waals surface area (Å²) in [6.07, 6.45) is 3.41. The first-order valence-corrected chi connectivity index (χ1v) is 7.78. The van der Waals surface area contributed by atoms with Crippen LogP contribution in [0.15, 0.2) is 24.8 Å². The van der Waals surface area contributed by atoms with Gasteiger partial charge in [-0.3, -0.25) is 4.79 Å². The number of hydrogen-bond donors (Lipinski definition) is 2. The number of anilines is 3. The summed E-state index contributed by atoms with van der Waals surface area (Å²) in [5.74, 6) is 0.351. The molecule has 1 amide bonds. The fourth-order valence-electron chi connectivity index (χ4n) is 2.92. The third-order valence-electron chi connectivity index (χ3n) is 4.41. The van der Waals surface area contributed by atoms with E-state index in [4.69, 9.17) is 10.5 Å². The van der Waals surface area contributed by atoms with Crippen molar-refractivity contribution in [2.24, 2.45) is 0 Å². The number of ether oxygens (including phenoxy) is 1. The summed E-state index contributed by atoms with van der Waals surface area (Å²) in [6, 6.07) is 4.03. The van der Waals surface area contributed by atoms with E-state index in [0.29, 0.717) is 23.2 Å². The number of amides is 1. The molecular formula is C17H26N4O2. The standard InChI is InChI=1S/C17H26N4O2/c1-5-17(22)19-14-10-13(18)16(23-4)11-15(14)21(3)12-6-8-20(2)9-7-12/h5,10-12H,1,6-9,18H2,2-4H3,(H,19,22). The second kappa shape index (κ2) is 7.37. The number of nitrogens with one attached hydrogen (secondary N) is 1. The van der Waals surface area contributed by atoms with Gasteiger partial charge in [0.1, 0.15) is 5.75 Å². The van der Waals surface area contributed by atoms with Crippen LogP contribution >= 0.6 is 0 Å². The lowest BCUT2D eigenvalue weighted by atomic mass is 10.0. The van der Waals surface area contributed by atoms with E-state index in [2.05, 4.69) is 28.7 Å². The van der Waals surface area contributed by atoms with E-state index in [-0.39, 0.29) is 5.91 Å². The van der Waals surface area contributed by atoms with E-state index in [0.717, 1.165) is 31.6 Å². The molecule has 0 atom stereocenters. The van der Waals surface area contributed by atoms with Gasteiger partial charge in [-0.2, -0.15) is 0 Å². The molecule has 126 valence electrons. The van der Waals surface area contributed by atoms with E-state index >= 15 is 0 Å². The summed E-state index contributed by atoms with van der Waals surface area (Å²) in [6.45, 7) is 5.63. The van der Waals surface area contributed by atoms with Crippen molar-refractivity contribution < 1.29 is 9.53 Å². The summed E-state index contributed by atoms with van der Waals surface area (Å²) >= 11 is 0. The van der Waals surface area contributed by atoms with E-state index in [1.54, 1.807) is 13.2 Å². The Morgan fingerprint density at radius 3 is 2.70 bits per heavy atom. The average molecular weight is 318 g/mol. The lowest BCUT2D eigenvalue weighted by Gasteiger charge is -2.37. The number of methoxy groups -OCH3 is 1. The van der Waals surface area contributed by atoms with Crippen molar-refractivity contribution in [1.29, 1.82) is 0 Å². The van der Waals surface area contributed by atoms with Gasteiger partial charge in [-0.15, -0.1) is 0 Å². The van der Waals surface area contributed by atoms with Gasteiger partial charge < -0.3 is 25.6 Å². The van der Waals surface area contributed by atoms with E-state index in [9.17, 15) is 4.79 Å². The number of likely N-dealkylation sites (tertiary alicyclic amines) is 1. The van der Waals surface area contributed by atoms with Crippen LogP contribution in [0, 0.1) is 0 Å². The SMILES string of the molecule is C=CC(=O)Nc1cc(N)c(OC)cc1N(C)C1CCN(C)CC1. The van der Waals surface area contributed by atoms with Gasteiger partial charge in [-0.1, -0.05) is 6.58 Å². The Morgan fingerprint density at radius 1 is 1.48 bits per heavy atom. The Labute approximate surface area is 137 Å². The summed E-state index contributed by atoms with van der Waals surface area (Å²) in [5, 5.41) is 2.84. The minimum absolute atomic E-state index is 0.257. The second-order valence-corrected chi connectivity index (χ2v) is 5.95. The van der Waals surface area contributed by atoms with Crippen LogP contribution in [0.4, 0.5) is 17.1 Å². The molecule has 0 bridgehead atoms. The van der Waals surface area contributed by atoms with Gasteiger partial charge in [-0.05, 0) is 45.1 Å². The molecule has 0 radical (unpaired) electrons. The summed E-state index contributed by atoms with van der Waals surface area (Å²) in [5.41, 5.74) is 8.06. The van der Waals surface area contributed by atoms with Gasteiger partial charge in [0.05, 0.1) is 24.2 Å². The molecule has 1 aromatic carbocycles. The highest BCUT2D eigenvalue weighted by Gasteiger charge is 2.23. The Balaban J connectivity index is 2.33. The van der Waals surface area contributed by atoms with Gasteiger partial charge in [0.15, 0.2) is 0 Å². The normalized spacial score (nSPS) is 16.0. The largest absolute Gasteiger partial charge is 0.495 e. The first-order chi connectivity index (χ1) is 11.0. The number of benzene rings is 1. The lowest BCUT2D eigenvalue weighted by molar-refractivity contribution is -0.111. The summed E-state index contributed by atoms with van der Waals surface area (Å²) < 4.78 is 5.33. The zero-order valence-electron chi connectivity index (χ0n) is 14.1. The van der Waals surface area contributed by atoms with E-state index < -0.39 is 0 Å². The molecule has 23 heavy (non-hydrogen) atoms. The molecule has 0 aliphatic carbocycles. The van der Waals surface area contributed by atoms with Crippen molar-refractivity contribution in [1.82, 2.24) is 4.90 Å². The highest BCUT2D eigenvalue weighted by Crippen LogP contribution is 2.37. The summed E-state index contributed by atoms with van der Waals surface area (Å²) in [7, 11) is 5.77. The van der Waals surface area contributed by atoms with Crippen LogP contribution in [0.2, 0.25) is 0 Å². The first-order valence-electron chi connectivity index (χ1n) is 7.78. The molecule has 0 aromatic heterocycles. The number of carbonyl (C=O) groups is 1. The average Bonchev–Trinajstić information content (AvgIpc) is 2.55. The van der Waals surface area contributed by atoms with Gasteiger partial charge in [0, 0.05) is 19.2 Å². The second-order valence-electron chi connectivity index (χ2n) is 5.95. The van der Waals surface area contributed by atoms with Crippen LogP contribution in [0.5, 0.6) is 5.75 Å². The minimum atomic E-state index is -0.257. The molecular weight excluding hydrogens is 292 g/mol. The number of rotatable bonds is 5. The minimum Gasteiger partial charge on any atom is -0.495 e. The predicted molar refractivity (Wildman–Crippen MR) is 95.2 cm³/mol. The molecule has 0 saturated carbocycles. The summed E-state index contributed by atoms with van der Waals surface area (Å²) in [4.78, 5) is 16.2. The topological polar surface area (TPSA) is 70.8 Å². The number of carbonyl (C=O) groups excluding carboxylic acids is 1. The van der Waals surface area contributed by atoms with Crippen LogP contribution in [0.25, 0.3) is 0 Å². The number of nitrogens with two attached hydrogens (primary N) is 1. The van der Waals surface area contributed by atoms with Crippen LogP contribution in [0.3, 0.4) is 0 Å². The zero-order chi connectivity index (χ0) is 17.0. The third-order valence-corrected chi connectivity index (χ3v) is 4.41. The Morgan fingerprint density at radius 2 is 2.13 bits per heavy atom. The molecule has 1 saturated heterocycles. The smallest absolute Gasteiger partial charge is 0.247 e. The fraction of sp³-hybridized carbons (Fsp3) is 0.471. The Kier molecular flexibility index (Phi) is 5.50. The van der Waals surface area contributed by atoms with E-state index in [1.807, 2.05) is 13.1 Å². The number of nitrogen functional groups attached to an aromatic ring is 1. The van der Waals surface area contributed by atoms with Crippen molar-refractivity contribution in [2.75, 3.05) is 50.2 Å². The maximum absolute atomic E-state index is 11.7. The molecule has 1 aliphatic rings. The molecule has 1 aromatic rings. The molecule has 0 unspecified atom stereocenters. The van der Waals surface area contributed by atoms with Crippen LogP contribution in [-0.2, 0) is 4.79 Å². The highest BCUT2D eigenvalue weighted by molar-refractivity contribution is 6.02. The molecule has 3 N–H and O–H groups in total. The molecule has 6 nitrogen and oxygen atoms in total. The molecule has 6 heteroatoms. The van der Waals surface area contributed by atoms with Crippen LogP contribution in [-0.4, -0.2) is 51.1 Å². The lowest BCUT2D eigenvalue weighted by Crippen LogP contribution is -2.42. The van der Waals surface area contributed by atoms with Crippen molar-refractivity contribution >= 4 is 23.0 Å². The van der Waals surface area contributed by atoms with Gasteiger partial charge in [-0.25, -0.2) is 0 Å². The van der Waals surface area contributed by atoms with Crippen molar-refractivity contribution in [2.45, 2.75) is 18.9 Å². The van der Waals surface area contributed by atoms with Crippen LogP contribution < -0.4 is 20.7 Å². The Hall–Kier alpha value is -2.21. The van der Waals surface area contributed by atoms with Crippen molar-refractivity contribution in [3.05, 3.63) is 24.8 Å². The Bertz CT molecular complexity index is 580. The van der Waals surface area contributed by atoms with Gasteiger partial charge >= 0.3 is 0 Å². The van der Waals surface area contributed by atoms with Gasteiger partial charge in [0.2, 0.25) is 5.91 Å². The molecule has 0 spiro atoms. The highest BCUT2D eigenvalue weighted by atomic mass is 16.5. The monoisotopic (exact) mass is 318 g/mol. The molecule has 1 aliphatic heterocycles.